The lowest BCUT2D eigenvalue weighted by Crippen LogP contribution is -2.40. The summed E-state index contributed by atoms with van der Waals surface area (Å²) in [5.74, 6) is 2.38. The number of nitrogens with zero attached hydrogens (tertiary/aromatic N) is 3. The first-order chi connectivity index (χ1) is 11.5. The van der Waals surface area contributed by atoms with Gasteiger partial charge in [0.1, 0.15) is 0 Å². The lowest BCUT2D eigenvalue weighted by Gasteiger charge is -2.23. The quantitative estimate of drug-likeness (QED) is 0.693. The van der Waals surface area contributed by atoms with Crippen LogP contribution in [0, 0.1) is 12.3 Å². The summed E-state index contributed by atoms with van der Waals surface area (Å²) in [6.07, 6.45) is 2.97. The van der Waals surface area contributed by atoms with Gasteiger partial charge in [-0.2, -0.15) is 0 Å². The molecule has 3 rings (SSSR count). The normalized spacial score (nSPS) is 17.3. The van der Waals surface area contributed by atoms with Crippen molar-refractivity contribution in [1.82, 2.24) is 15.2 Å². The monoisotopic (exact) mass is 326 g/mol. The third kappa shape index (κ3) is 3.78. The average Bonchev–Trinajstić information content (AvgIpc) is 3.15. The lowest BCUT2D eigenvalue weighted by molar-refractivity contribution is 0.368. The van der Waals surface area contributed by atoms with Gasteiger partial charge in [-0.3, -0.25) is 4.99 Å². The summed E-state index contributed by atoms with van der Waals surface area (Å²) in [7, 11) is 1.82. The van der Waals surface area contributed by atoms with Gasteiger partial charge in [0.25, 0.3) is 0 Å². The van der Waals surface area contributed by atoms with Crippen molar-refractivity contribution in [3.63, 3.8) is 0 Å². The zero-order chi connectivity index (χ0) is 17.2. The average molecular weight is 326 g/mol. The molecule has 0 spiro atoms. The molecule has 1 N–H and O–H groups in total. The van der Waals surface area contributed by atoms with Gasteiger partial charge < -0.3 is 14.6 Å². The summed E-state index contributed by atoms with van der Waals surface area (Å²) in [6, 6.07) is 8.26. The van der Waals surface area contributed by atoms with E-state index in [2.05, 4.69) is 65.2 Å². The van der Waals surface area contributed by atoms with Gasteiger partial charge in [-0.05, 0) is 18.8 Å². The van der Waals surface area contributed by atoms with E-state index in [1.54, 1.807) is 6.20 Å². The van der Waals surface area contributed by atoms with Crippen molar-refractivity contribution < 1.29 is 4.42 Å². The molecule has 2 heterocycles. The number of hydrogen-bond donors (Lipinski definition) is 1. The van der Waals surface area contributed by atoms with Crippen molar-refractivity contribution in [3.05, 3.63) is 41.9 Å². The number of oxazole rings is 1. The van der Waals surface area contributed by atoms with Gasteiger partial charge in [-0.1, -0.05) is 43.7 Å². The predicted molar refractivity (Wildman–Crippen MR) is 96.8 cm³/mol. The van der Waals surface area contributed by atoms with Crippen molar-refractivity contribution >= 4 is 5.96 Å². The van der Waals surface area contributed by atoms with E-state index in [0.29, 0.717) is 17.9 Å². The largest absolute Gasteiger partial charge is 0.439 e. The third-order valence-electron chi connectivity index (χ3n) is 4.48. The van der Waals surface area contributed by atoms with Gasteiger partial charge in [-0.25, -0.2) is 4.98 Å². The molecule has 24 heavy (non-hydrogen) atoms. The number of likely N-dealkylation sites (tertiary alicyclic amines) is 1. The van der Waals surface area contributed by atoms with E-state index < -0.39 is 0 Å². The van der Waals surface area contributed by atoms with Gasteiger partial charge in [0, 0.05) is 25.7 Å². The number of nitrogens with one attached hydrogen (secondary N) is 1. The Morgan fingerprint density at radius 3 is 2.71 bits per heavy atom. The molecule has 0 aliphatic carbocycles. The Labute approximate surface area is 143 Å². The fraction of sp³-hybridized carbons (Fsp3) is 0.474. The molecule has 5 heteroatoms. The first-order valence-electron chi connectivity index (χ1n) is 8.44. The lowest BCUT2D eigenvalue weighted by atomic mass is 9.93. The standard InChI is InChI=1S/C19H26N4O/c1-14-5-7-15(8-6-14)16-11-21-17(24-16)12-22-18(20-4)23-10-9-19(2,3)13-23/h5-8,11H,9-10,12-13H2,1-4H3,(H,20,22). The van der Waals surface area contributed by atoms with Crippen LogP contribution < -0.4 is 5.32 Å². The van der Waals surface area contributed by atoms with Crippen molar-refractivity contribution in [3.8, 4) is 11.3 Å². The number of rotatable bonds is 3. The highest BCUT2D eigenvalue weighted by Gasteiger charge is 2.30. The Morgan fingerprint density at radius 1 is 1.33 bits per heavy atom. The fourth-order valence-electron chi connectivity index (χ4n) is 3.02. The molecule has 1 aromatic carbocycles. The second-order valence-electron chi connectivity index (χ2n) is 7.22. The highest BCUT2D eigenvalue weighted by Crippen LogP contribution is 2.28. The molecular formula is C19H26N4O. The van der Waals surface area contributed by atoms with Crippen LogP contribution in [0.1, 0.15) is 31.7 Å². The van der Waals surface area contributed by atoms with E-state index in [1.165, 1.54) is 12.0 Å². The van der Waals surface area contributed by atoms with Crippen LogP contribution in [0.3, 0.4) is 0 Å². The highest BCUT2D eigenvalue weighted by molar-refractivity contribution is 5.80. The van der Waals surface area contributed by atoms with Crippen LogP contribution in [0.4, 0.5) is 0 Å². The van der Waals surface area contributed by atoms with E-state index in [1.807, 2.05) is 7.05 Å². The van der Waals surface area contributed by atoms with Gasteiger partial charge in [0.05, 0.1) is 12.7 Å². The van der Waals surface area contributed by atoms with Gasteiger partial charge in [0.2, 0.25) is 5.89 Å². The molecule has 0 amide bonds. The Bertz CT molecular complexity index is 715. The SMILES string of the molecule is CN=C(NCc1ncc(-c2ccc(C)cc2)o1)N1CCC(C)(C)C1. The first-order valence-corrected chi connectivity index (χ1v) is 8.44. The predicted octanol–water partition coefficient (Wildman–Crippen LogP) is 3.46. The molecule has 0 bridgehead atoms. The summed E-state index contributed by atoms with van der Waals surface area (Å²) < 4.78 is 5.86. The number of aliphatic imine (C=N–C) groups is 1. The molecule has 0 radical (unpaired) electrons. The molecule has 1 aliphatic heterocycles. The molecule has 128 valence electrons. The van der Waals surface area contributed by atoms with Crippen LogP contribution in [0.25, 0.3) is 11.3 Å². The van der Waals surface area contributed by atoms with Gasteiger partial charge in [-0.15, -0.1) is 0 Å². The molecule has 0 saturated carbocycles. The minimum atomic E-state index is 0.346. The van der Waals surface area contributed by atoms with Gasteiger partial charge >= 0.3 is 0 Å². The van der Waals surface area contributed by atoms with E-state index in [9.17, 15) is 0 Å². The van der Waals surface area contributed by atoms with E-state index in [0.717, 1.165) is 30.4 Å². The van der Waals surface area contributed by atoms with Crippen molar-refractivity contribution in [2.24, 2.45) is 10.4 Å². The summed E-state index contributed by atoms with van der Waals surface area (Å²) in [5.41, 5.74) is 2.63. The van der Waals surface area contributed by atoms with Crippen LogP contribution >= 0.6 is 0 Å². The molecule has 0 atom stereocenters. The molecule has 1 saturated heterocycles. The number of aromatic nitrogens is 1. The summed E-state index contributed by atoms with van der Waals surface area (Å²) in [5, 5.41) is 3.36. The number of aryl methyl sites for hydroxylation is 1. The Kier molecular flexibility index (Phi) is 4.60. The van der Waals surface area contributed by atoms with Crippen LogP contribution in [0.2, 0.25) is 0 Å². The maximum Gasteiger partial charge on any atom is 0.214 e. The zero-order valence-electron chi connectivity index (χ0n) is 15.0. The van der Waals surface area contributed by atoms with Crippen LogP contribution in [-0.4, -0.2) is 36.0 Å². The van der Waals surface area contributed by atoms with Crippen molar-refractivity contribution in [2.45, 2.75) is 33.7 Å². The van der Waals surface area contributed by atoms with Crippen LogP contribution in [-0.2, 0) is 6.54 Å². The highest BCUT2D eigenvalue weighted by atomic mass is 16.4. The smallest absolute Gasteiger partial charge is 0.214 e. The minimum absolute atomic E-state index is 0.346. The molecule has 1 aromatic heterocycles. The molecule has 1 aliphatic rings. The zero-order valence-corrected chi connectivity index (χ0v) is 15.0. The maximum absolute atomic E-state index is 5.86. The topological polar surface area (TPSA) is 53.7 Å². The Hall–Kier alpha value is -2.30. The third-order valence-corrected chi connectivity index (χ3v) is 4.48. The fourth-order valence-corrected chi connectivity index (χ4v) is 3.02. The molecule has 0 unspecified atom stereocenters. The molecular weight excluding hydrogens is 300 g/mol. The van der Waals surface area contributed by atoms with E-state index >= 15 is 0 Å². The second-order valence-corrected chi connectivity index (χ2v) is 7.22. The number of benzene rings is 1. The first kappa shape index (κ1) is 16.6. The van der Waals surface area contributed by atoms with E-state index in [-0.39, 0.29) is 0 Å². The van der Waals surface area contributed by atoms with Crippen molar-refractivity contribution in [2.75, 3.05) is 20.1 Å². The molecule has 5 nitrogen and oxygen atoms in total. The van der Waals surface area contributed by atoms with Crippen LogP contribution in [0.15, 0.2) is 39.9 Å². The van der Waals surface area contributed by atoms with Crippen molar-refractivity contribution in [1.29, 1.82) is 0 Å². The molecule has 2 aromatic rings. The minimum Gasteiger partial charge on any atom is -0.439 e. The maximum atomic E-state index is 5.86. The second kappa shape index (κ2) is 6.67. The summed E-state index contributed by atoms with van der Waals surface area (Å²) >= 11 is 0. The number of hydrogen-bond acceptors (Lipinski definition) is 3. The summed E-state index contributed by atoms with van der Waals surface area (Å²) in [6.45, 7) is 9.25. The molecule has 1 fully saturated rings. The number of guanidine groups is 1. The van der Waals surface area contributed by atoms with Crippen LogP contribution in [0.5, 0.6) is 0 Å². The Morgan fingerprint density at radius 2 is 2.08 bits per heavy atom. The van der Waals surface area contributed by atoms with E-state index in [4.69, 9.17) is 4.42 Å². The summed E-state index contributed by atoms with van der Waals surface area (Å²) in [4.78, 5) is 11.1. The Balaban J connectivity index is 1.61. The van der Waals surface area contributed by atoms with Gasteiger partial charge in [0.15, 0.2) is 11.7 Å².